The van der Waals surface area contributed by atoms with E-state index in [4.69, 9.17) is 5.21 Å². The van der Waals surface area contributed by atoms with Gasteiger partial charge in [0, 0.05) is 20.3 Å². The lowest BCUT2D eigenvalue weighted by atomic mass is 10.2. The zero-order valence-corrected chi connectivity index (χ0v) is 7.51. The van der Waals surface area contributed by atoms with Gasteiger partial charge >= 0.3 is 0 Å². The Morgan fingerprint density at radius 1 is 1.30 bits per heavy atom. The summed E-state index contributed by atoms with van der Waals surface area (Å²) in [5.41, 5.74) is 2.06. The summed E-state index contributed by atoms with van der Waals surface area (Å²) in [7, 11) is 0. The van der Waals surface area contributed by atoms with Crippen LogP contribution in [0.25, 0.3) is 0 Å². The number of hydrogen-bond acceptors (Lipinski definition) is 1. The smallest absolute Gasteiger partial charge is 0.226 e. The fourth-order valence-corrected chi connectivity index (χ4v) is 1.06. The van der Waals surface area contributed by atoms with Crippen LogP contribution < -0.4 is 4.73 Å². The summed E-state index contributed by atoms with van der Waals surface area (Å²) < 4.78 is 2.12. The Morgan fingerprint density at radius 2 is 1.70 bits per heavy atom. The summed E-state index contributed by atoms with van der Waals surface area (Å²) >= 11 is 3.39. The minimum Gasteiger partial charge on any atom is -0.285 e. The zero-order valence-electron chi connectivity index (χ0n) is 5.93. The summed E-state index contributed by atoms with van der Waals surface area (Å²) in [6, 6.07) is 0. The molecule has 54 valence electrons. The molecule has 0 amide bonds. The van der Waals surface area contributed by atoms with E-state index in [0.29, 0.717) is 0 Å². The molecule has 0 bridgehead atoms. The molecule has 1 N–H and O–H groups in total. The molecule has 2 nitrogen and oxygen atoms in total. The molecule has 1 aromatic rings. The predicted molar refractivity (Wildman–Crippen MR) is 41.0 cm³/mol. The van der Waals surface area contributed by atoms with Gasteiger partial charge in [0.05, 0.1) is 0 Å². The zero-order chi connectivity index (χ0) is 7.72. The summed E-state index contributed by atoms with van der Waals surface area (Å²) in [6.45, 7) is 3.87. The molecule has 0 spiro atoms. The average Bonchev–Trinajstić information content (AvgIpc) is 1.82. The molecule has 1 rings (SSSR count). The van der Waals surface area contributed by atoms with E-state index in [1.54, 1.807) is 12.4 Å². The number of halogens is 1. The molecule has 0 aliphatic carbocycles. The second-order valence-corrected chi connectivity index (χ2v) is 3.11. The van der Waals surface area contributed by atoms with Crippen LogP contribution in [0.3, 0.4) is 0 Å². The maximum atomic E-state index is 9.01. The van der Waals surface area contributed by atoms with Crippen molar-refractivity contribution in [3.05, 3.63) is 28.0 Å². The maximum absolute atomic E-state index is 9.01. The molecule has 1 aromatic heterocycles. The van der Waals surface area contributed by atoms with Crippen molar-refractivity contribution in [2.75, 3.05) is 0 Å². The number of hydrogen-bond donors (Lipinski definition) is 1. The van der Waals surface area contributed by atoms with Crippen LogP contribution in [0.5, 0.6) is 0 Å². The molecule has 0 unspecified atom stereocenters. The second kappa shape index (κ2) is 2.58. The predicted octanol–water partition coefficient (Wildman–Crippen LogP) is 1.59. The highest BCUT2D eigenvalue weighted by Gasteiger charge is 2.05. The molecule has 10 heavy (non-hydrogen) atoms. The lowest BCUT2D eigenvalue weighted by Crippen LogP contribution is -2.29. The van der Waals surface area contributed by atoms with Crippen molar-refractivity contribution >= 4 is 15.9 Å². The third-order valence-corrected chi connectivity index (χ3v) is 2.60. The van der Waals surface area contributed by atoms with Gasteiger partial charge in [-0.3, -0.25) is 5.21 Å². The summed E-state index contributed by atoms with van der Waals surface area (Å²) in [5.74, 6) is 0. The molecule has 0 aliphatic rings. The van der Waals surface area contributed by atoms with Gasteiger partial charge in [-0.05, 0) is 29.8 Å². The molecule has 0 saturated carbocycles. The Bertz CT molecular complexity index is 237. The fourth-order valence-electron chi connectivity index (χ4n) is 0.858. The summed E-state index contributed by atoms with van der Waals surface area (Å²) in [5, 5.41) is 9.01. The van der Waals surface area contributed by atoms with E-state index in [9.17, 15) is 0 Å². The van der Waals surface area contributed by atoms with Gasteiger partial charge in [0.2, 0.25) is 12.4 Å². The van der Waals surface area contributed by atoms with Crippen molar-refractivity contribution in [2.45, 2.75) is 13.8 Å². The van der Waals surface area contributed by atoms with Crippen LogP contribution in [0, 0.1) is 13.8 Å². The molecule has 0 radical (unpaired) electrons. The van der Waals surface area contributed by atoms with Gasteiger partial charge < -0.3 is 0 Å². The Morgan fingerprint density at radius 3 is 2.10 bits per heavy atom. The van der Waals surface area contributed by atoms with Crippen molar-refractivity contribution in [1.82, 2.24) is 0 Å². The van der Waals surface area contributed by atoms with E-state index in [2.05, 4.69) is 15.9 Å². The number of rotatable bonds is 0. The topological polar surface area (TPSA) is 24.1 Å². The first-order valence-electron chi connectivity index (χ1n) is 2.98. The molecule has 0 fully saturated rings. The average molecular weight is 203 g/mol. The quantitative estimate of drug-likeness (QED) is 0.502. The molecule has 1 heterocycles. The SMILES string of the molecule is Cc1c[n+](O)cc(C)c1Br. The lowest BCUT2D eigenvalue weighted by Gasteiger charge is -1.95. The Labute approximate surface area is 68.2 Å². The minimum absolute atomic E-state index is 1.03. The molecular formula is C7H9BrNO+. The minimum atomic E-state index is 1.03. The third kappa shape index (κ3) is 1.29. The summed E-state index contributed by atoms with van der Waals surface area (Å²) in [6.07, 6.45) is 3.30. The Hall–Kier alpha value is -0.570. The third-order valence-electron chi connectivity index (χ3n) is 1.34. The molecule has 3 heteroatoms. The molecule has 0 atom stereocenters. The van der Waals surface area contributed by atoms with E-state index in [1.807, 2.05) is 13.8 Å². The van der Waals surface area contributed by atoms with Gasteiger partial charge in [-0.1, -0.05) is 0 Å². The Kier molecular flexibility index (Phi) is 1.94. The first kappa shape index (κ1) is 7.54. The lowest BCUT2D eigenvalue weighted by molar-refractivity contribution is -0.905. The van der Waals surface area contributed by atoms with Crippen LogP contribution in [0.4, 0.5) is 0 Å². The monoisotopic (exact) mass is 202 g/mol. The van der Waals surface area contributed by atoms with E-state index in [1.165, 1.54) is 0 Å². The second-order valence-electron chi connectivity index (χ2n) is 2.32. The highest BCUT2D eigenvalue weighted by Crippen LogP contribution is 2.17. The number of nitrogens with zero attached hydrogens (tertiary/aromatic N) is 1. The van der Waals surface area contributed by atoms with Crippen LogP contribution in [-0.4, -0.2) is 5.21 Å². The highest BCUT2D eigenvalue weighted by molar-refractivity contribution is 9.10. The maximum Gasteiger partial charge on any atom is 0.226 e. The van der Waals surface area contributed by atoms with Crippen LogP contribution >= 0.6 is 15.9 Å². The Balaban J connectivity index is 3.31. The largest absolute Gasteiger partial charge is 0.285 e. The van der Waals surface area contributed by atoms with Gasteiger partial charge in [0.15, 0.2) is 0 Å². The molecule has 0 saturated heterocycles. The van der Waals surface area contributed by atoms with Crippen LogP contribution in [0.1, 0.15) is 11.1 Å². The fraction of sp³-hybridized carbons (Fsp3) is 0.286. The number of pyridine rings is 1. The molecular weight excluding hydrogens is 194 g/mol. The van der Waals surface area contributed by atoms with E-state index in [0.717, 1.165) is 20.3 Å². The van der Waals surface area contributed by atoms with Crippen molar-refractivity contribution in [1.29, 1.82) is 0 Å². The van der Waals surface area contributed by atoms with Crippen molar-refractivity contribution in [3.63, 3.8) is 0 Å². The van der Waals surface area contributed by atoms with Gasteiger partial charge in [-0.25, -0.2) is 0 Å². The summed E-state index contributed by atoms with van der Waals surface area (Å²) in [4.78, 5) is 0. The normalized spacial score (nSPS) is 9.90. The van der Waals surface area contributed by atoms with Crippen molar-refractivity contribution in [2.24, 2.45) is 0 Å². The van der Waals surface area contributed by atoms with Gasteiger partial charge in [-0.2, -0.15) is 0 Å². The van der Waals surface area contributed by atoms with Crippen LogP contribution in [-0.2, 0) is 0 Å². The molecule has 0 aliphatic heterocycles. The molecule has 0 aromatic carbocycles. The first-order chi connectivity index (χ1) is 4.61. The number of aryl methyl sites for hydroxylation is 2. The first-order valence-corrected chi connectivity index (χ1v) is 3.78. The van der Waals surface area contributed by atoms with Gasteiger partial charge in [0.1, 0.15) is 0 Å². The van der Waals surface area contributed by atoms with Crippen molar-refractivity contribution in [3.8, 4) is 0 Å². The van der Waals surface area contributed by atoms with Gasteiger partial charge in [0.25, 0.3) is 0 Å². The van der Waals surface area contributed by atoms with Crippen molar-refractivity contribution < 1.29 is 9.94 Å². The van der Waals surface area contributed by atoms with Crippen LogP contribution in [0.15, 0.2) is 16.9 Å². The van der Waals surface area contributed by atoms with E-state index in [-0.39, 0.29) is 0 Å². The highest BCUT2D eigenvalue weighted by atomic mass is 79.9. The van der Waals surface area contributed by atoms with Crippen LogP contribution in [0.2, 0.25) is 0 Å². The standard InChI is InChI=1S/C7H9BrNO/c1-5-3-9(10)4-6(2)7(5)8/h3-4,10H,1-2H3/q+1. The van der Waals surface area contributed by atoms with E-state index >= 15 is 0 Å². The van der Waals surface area contributed by atoms with Gasteiger partial charge in [-0.15, -0.1) is 0 Å². The van der Waals surface area contributed by atoms with E-state index < -0.39 is 0 Å². The number of aromatic nitrogens is 1.